The molecule has 0 amide bonds. The number of nitrogens with one attached hydrogen (secondary N) is 2. The van der Waals surface area contributed by atoms with Crippen molar-refractivity contribution in [3.8, 4) is 5.75 Å². The first-order valence-electron chi connectivity index (χ1n) is 8.60. The van der Waals surface area contributed by atoms with Gasteiger partial charge in [0.05, 0.1) is 6.54 Å². The molecule has 0 heterocycles. The number of nitrogens with zero attached hydrogens (tertiary/aromatic N) is 1. The lowest BCUT2D eigenvalue weighted by molar-refractivity contribution is 0.214. The standard InChI is InChI=1S/C20H24FN3O.HI/c1-14(25-19-11-7-6-10-17(19)21)13-23-20(22-2)24-18-12-16(18)15-8-4-3-5-9-15;/h3-11,14,16,18H,12-13H2,1-2H3,(H2,22,23,24);1H. The second-order valence-electron chi connectivity index (χ2n) is 6.32. The summed E-state index contributed by atoms with van der Waals surface area (Å²) < 4.78 is 19.2. The van der Waals surface area contributed by atoms with E-state index in [1.165, 1.54) is 11.6 Å². The summed E-state index contributed by atoms with van der Waals surface area (Å²) in [5.41, 5.74) is 1.35. The Morgan fingerprint density at radius 2 is 1.88 bits per heavy atom. The van der Waals surface area contributed by atoms with Crippen molar-refractivity contribution in [3.63, 3.8) is 0 Å². The van der Waals surface area contributed by atoms with Crippen molar-refractivity contribution in [1.29, 1.82) is 0 Å². The maximum atomic E-state index is 13.6. The minimum absolute atomic E-state index is 0. The molecule has 6 heteroatoms. The van der Waals surface area contributed by atoms with E-state index in [-0.39, 0.29) is 41.6 Å². The summed E-state index contributed by atoms with van der Waals surface area (Å²) in [7, 11) is 1.75. The Morgan fingerprint density at radius 3 is 2.58 bits per heavy atom. The van der Waals surface area contributed by atoms with Crippen molar-refractivity contribution in [2.45, 2.75) is 31.4 Å². The van der Waals surface area contributed by atoms with Gasteiger partial charge in [-0.3, -0.25) is 4.99 Å². The van der Waals surface area contributed by atoms with Crippen LogP contribution < -0.4 is 15.4 Å². The van der Waals surface area contributed by atoms with Crippen LogP contribution in [0.15, 0.2) is 59.6 Å². The number of rotatable bonds is 6. The largest absolute Gasteiger partial charge is 0.486 e. The molecule has 3 unspecified atom stereocenters. The zero-order chi connectivity index (χ0) is 17.6. The van der Waals surface area contributed by atoms with Gasteiger partial charge in [0.25, 0.3) is 0 Å². The Labute approximate surface area is 171 Å². The average Bonchev–Trinajstić information content (AvgIpc) is 3.40. The van der Waals surface area contributed by atoms with E-state index in [4.69, 9.17) is 4.74 Å². The fraction of sp³-hybridized carbons (Fsp3) is 0.350. The minimum Gasteiger partial charge on any atom is -0.486 e. The molecule has 1 aliphatic carbocycles. The highest BCUT2D eigenvalue weighted by Crippen LogP contribution is 2.40. The van der Waals surface area contributed by atoms with Crippen LogP contribution in [0.25, 0.3) is 0 Å². The molecule has 2 aromatic rings. The van der Waals surface area contributed by atoms with Crippen LogP contribution >= 0.6 is 24.0 Å². The van der Waals surface area contributed by atoms with Gasteiger partial charge in [-0.05, 0) is 31.0 Å². The lowest BCUT2D eigenvalue weighted by Gasteiger charge is -2.18. The molecule has 0 saturated heterocycles. The second kappa shape index (κ2) is 9.75. The highest BCUT2D eigenvalue weighted by Gasteiger charge is 2.38. The van der Waals surface area contributed by atoms with Crippen molar-refractivity contribution >= 4 is 29.9 Å². The molecule has 2 N–H and O–H groups in total. The Kier molecular flexibility index (Phi) is 7.68. The molecule has 2 aromatic carbocycles. The van der Waals surface area contributed by atoms with Gasteiger partial charge in [0.1, 0.15) is 6.10 Å². The molecule has 3 atom stereocenters. The summed E-state index contributed by atoms with van der Waals surface area (Å²) in [5.74, 6) is 1.20. The van der Waals surface area contributed by atoms with Crippen LogP contribution in [0.1, 0.15) is 24.8 Å². The van der Waals surface area contributed by atoms with Crippen LogP contribution in [-0.2, 0) is 0 Å². The first-order valence-corrected chi connectivity index (χ1v) is 8.60. The molecule has 3 rings (SSSR count). The number of halogens is 2. The molecule has 0 aromatic heterocycles. The number of hydrogen-bond acceptors (Lipinski definition) is 2. The van der Waals surface area contributed by atoms with E-state index in [0.29, 0.717) is 18.5 Å². The molecule has 140 valence electrons. The van der Waals surface area contributed by atoms with Crippen molar-refractivity contribution in [1.82, 2.24) is 10.6 Å². The average molecular weight is 469 g/mol. The number of guanidine groups is 1. The molecule has 1 aliphatic rings. The minimum atomic E-state index is -0.347. The molecule has 1 fully saturated rings. The summed E-state index contributed by atoms with van der Waals surface area (Å²) in [4.78, 5) is 4.26. The van der Waals surface area contributed by atoms with Crippen molar-refractivity contribution in [2.24, 2.45) is 4.99 Å². The predicted octanol–water partition coefficient (Wildman–Crippen LogP) is 3.93. The predicted molar refractivity (Wildman–Crippen MR) is 114 cm³/mol. The SMILES string of the molecule is CN=C(NCC(C)Oc1ccccc1F)NC1CC1c1ccccc1.I. The van der Waals surface area contributed by atoms with Crippen LogP contribution in [0, 0.1) is 5.82 Å². The molecule has 0 bridgehead atoms. The second-order valence-corrected chi connectivity index (χ2v) is 6.32. The molecular formula is C20H25FIN3O. The number of ether oxygens (including phenoxy) is 1. The maximum absolute atomic E-state index is 13.6. The summed E-state index contributed by atoms with van der Waals surface area (Å²) in [6.07, 6.45) is 0.922. The fourth-order valence-corrected chi connectivity index (χ4v) is 2.83. The quantitative estimate of drug-likeness (QED) is 0.383. The topological polar surface area (TPSA) is 45.7 Å². The third kappa shape index (κ3) is 5.59. The molecule has 0 aliphatic heterocycles. The summed E-state index contributed by atoms with van der Waals surface area (Å²) >= 11 is 0. The highest BCUT2D eigenvalue weighted by atomic mass is 127. The van der Waals surface area contributed by atoms with Gasteiger partial charge in [0.2, 0.25) is 0 Å². The Hall–Kier alpha value is -1.83. The Bertz CT molecular complexity index is 726. The molecule has 4 nitrogen and oxygen atoms in total. The van der Waals surface area contributed by atoms with Crippen LogP contribution in [0.5, 0.6) is 5.75 Å². The van der Waals surface area contributed by atoms with Crippen molar-refractivity contribution in [3.05, 3.63) is 66.0 Å². The Morgan fingerprint density at radius 1 is 1.19 bits per heavy atom. The number of hydrogen-bond donors (Lipinski definition) is 2. The lowest BCUT2D eigenvalue weighted by Crippen LogP contribution is -2.43. The van der Waals surface area contributed by atoms with Gasteiger partial charge in [-0.2, -0.15) is 0 Å². The van der Waals surface area contributed by atoms with Crippen molar-refractivity contribution in [2.75, 3.05) is 13.6 Å². The fourth-order valence-electron chi connectivity index (χ4n) is 2.83. The molecule has 26 heavy (non-hydrogen) atoms. The first-order chi connectivity index (χ1) is 12.2. The monoisotopic (exact) mass is 469 g/mol. The van der Waals surface area contributed by atoms with E-state index in [1.54, 1.807) is 25.2 Å². The zero-order valence-corrected chi connectivity index (χ0v) is 17.3. The van der Waals surface area contributed by atoms with Crippen LogP contribution in [0.4, 0.5) is 4.39 Å². The maximum Gasteiger partial charge on any atom is 0.191 e. The van der Waals surface area contributed by atoms with Gasteiger partial charge in [-0.25, -0.2) is 4.39 Å². The summed E-state index contributed by atoms with van der Waals surface area (Å²) in [6.45, 7) is 2.44. The van der Waals surface area contributed by atoms with Crippen LogP contribution in [0.2, 0.25) is 0 Å². The van der Waals surface area contributed by atoms with E-state index in [9.17, 15) is 4.39 Å². The summed E-state index contributed by atoms with van der Waals surface area (Å²) in [6, 6.07) is 17.3. The molecule has 0 spiro atoms. The van der Waals surface area contributed by atoms with E-state index in [0.717, 1.165) is 12.4 Å². The smallest absolute Gasteiger partial charge is 0.191 e. The highest BCUT2D eigenvalue weighted by molar-refractivity contribution is 14.0. The lowest BCUT2D eigenvalue weighted by atomic mass is 10.1. The van der Waals surface area contributed by atoms with Crippen molar-refractivity contribution < 1.29 is 9.13 Å². The molecule has 1 saturated carbocycles. The van der Waals surface area contributed by atoms with Gasteiger partial charge in [0.15, 0.2) is 17.5 Å². The summed E-state index contributed by atoms with van der Waals surface area (Å²) in [5, 5.41) is 6.67. The van der Waals surface area contributed by atoms with E-state index in [2.05, 4.69) is 39.9 Å². The van der Waals surface area contributed by atoms with E-state index < -0.39 is 0 Å². The Balaban J connectivity index is 0.00000243. The van der Waals surface area contributed by atoms with Crippen LogP contribution in [0.3, 0.4) is 0 Å². The van der Waals surface area contributed by atoms with E-state index in [1.807, 2.05) is 13.0 Å². The zero-order valence-electron chi connectivity index (χ0n) is 15.0. The van der Waals surface area contributed by atoms with Gasteiger partial charge in [0, 0.05) is 19.0 Å². The number of benzene rings is 2. The van der Waals surface area contributed by atoms with Gasteiger partial charge < -0.3 is 15.4 Å². The number of para-hydroxylation sites is 1. The van der Waals surface area contributed by atoms with Crippen LogP contribution in [-0.4, -0.2) is 31.7 Å². The molecule has 0 radical (unpaired) electrons. The number of aliphatic imine (C=N–C) groups is 1. The third-order valence-electron chi connectivity index (χ3n) is 4.29. The molecular weight excluding hydrogens is 444 g/mol. The van der Waals surface area contributed by atoms with Gasteiger partial charge in [-0.15, -0.1) is 24.0 Å². The van der Waals surface area contributed by atoms with Gasteiger partial charge in [-0.1, -0.05) is 42.5 Å². The third-order valence-corrected chi connectivity index (χ3v) is 4.29. The van der Waals surface area contributed by atoms with Gasteiger partial charge >= 0.3 is 0 Å². The van der Waals surface area contributed by atoms with E-state index >= 15 is 0 Å². The normalized spacial score (nSPS) is 19.9. The first kappa shape index (κ1) is 20.5.